The van der Waals surface area contributed by atoms with Crippen molar-refractivity contribution < 1.29 is 66.0 Å². The molecule has 0 amide bonds. The minimum Gasteiger partial charge on any atom is -0.790 e. The number of hydrogen-bond acceptors (Lipinski definition) is 12. The van der Waals surface area contributed by atoms with Gasteiger partial charge in [-0.3, -0.25) is 17.8 Å². The Bertz CT molecular complexity index is 349. The van der Waals surface area contributed by atoms with E-state index in [1.807, 2.05) is 0 Å². The van der Waals surface area contributed by atoms with E-state index in [4.69, 9.17) is 9.79 Å². The van der Waals surface area contributed by atoms with Crippen LogP contribution in [0.3, 0.4) is 0 Å². The van der Waals surface area contributed by atoms with E-state index in [-0.39, 0.29) is 147 Å². The summed E-state index contributed by atoms with van der Waals surface area (Å²) in [5.41, 5.74) is 0. The van der Waals surface area contributed by atoms with Gasteiger partial charge in [-0.25, -0.2) is 0 Å². The van der Waals surface area contributed by atoms with Crippen molar-refractivity contribution in [2.45, 2.75) is 0 Å². The van der Waals surface area contributed by atoms with Gasteiger partial charge in [0.2, 0.25) is 0 Å². The van der Waals surface area contributed by atoms with Crippen LogP contribution in [0.25, 0.3) is 0 Å². The summed E-state index contributed by atoms with van der Waals surface area (Å²) in [7, 11) is -22.1. The van der Waals surface area contributed by atoms with Gasteiger partial charge in [0.05, 0.1) is 15.6 Å². The van der Waals surface area contributed by atoms with E-state index < -0.39 is 31.3 Å². The van der Waals surface area contributed by atoms with E-state index in [1.165, 1.54) is 0 Å². The van der Waals surface area contributed by atoms with Gasteiger partial charge in [0, 0.05) is 0 Å². The van der Waals surface area contributed by atoms with Crippen molar-refractivity contribution in [2.75, 3.05) is 0 Å². The summed E-state index contributed by atoms with van der Waals surface area (Å²) in [6.45, 7) is 0. The third kappa shape index (κ3) is 45.9. The normalized spacial score (nSPS) is 16.4. The molecule has 0 spiro atoms. The molecule has 0 radical (unpaired) electrons. The van der Waals surface area contributed by atoms with E-state index in [0.29, 0.717) is 0 Å². The van der Waals surface area contributed by atoms with Crippen molar-refractivity contribution in [1.29, 1.82) is 0 Å². The van der Waals surface area contributed by atoms with Crippen molar-refractivity contribution in [3.63, 3.8) is 0 Å². The molecule has 0 aromatic rings. The monoisotopic (exact) mass is 764 g/mol. The molecule has 0 aromatic carbocycles. The van der Waals surface area contributed by atoms with Crippen LogP contribution in [0.1, 0.15) is 0 Å². The third-order valence-electron chi connectivity index (χ3n) is 0.406. The van der Waals surface area contributed by atoms with Gasteiger partial charge in [-0.1, -0.05) is 0 Å². The van der Waals surface area contributed by atoms with Crippen LogP contribution in [0.2, 0.25) is 0 Å². The number of rotatable bonds is 4. The van der Waals surface area contributed by atoms with Crippen molar-refractivity contribution in [3.8, 4) is 0 Å². The van der Waals surface area contributed by atoms with E-state index in [9.17, 15) is 47.6 Å². The van der Waals surface area contributed by atoms with E-state index in [1.54, 1.807) is 0 Å². The minimum absolute atomic E-state index is 0. The molecule has 2 N–H and O–H groups in total. The van der Waals surface area contributed by atoms with Crippen LogP contribution in [-0.2, 0) is 26.9 Å². The van der Waals surface area contributed by atoms with Crippen LogP contribution in [0, 0.1) is 0 Å². The minimum atomic E-state index is -5.61. The second-order valence-electron chi connectivity index (χ2n) is 1.99. The van der Waals surface area contributed by atoms with Gasteiger partial charge < -0.3 is 48.3 Å². The maximum atomic E-state index is 9.44. The Kier molecular flexibility index (Phi) is 26.8. The SMILES string of the molecule is O=P([O-])([O-])OP(=O)([O-])O.O=P([O-])([O-])OP(=O)([O-])O.[Ba+2].[Ba+2].[Ba+2]. The predicted octanol–water partition coefficient (Wildman–Crippen LogP) is -6.56. The Labute approximate surface area is 238 Å². The molecule has 0 aliphatic carbocycles. The van der Waals surface area contributed by atoms with Gasteiger partial charge in [0.25, 0.3) is 15.6 Å². The topological polar surface area (TPSA) is 266 Å². The molecular formula is H2Ba3O14P4. The smallest absolute Gasteiger partial charge is 0.790 e. The molecular weight excluding hydrogens is 760 g/mol. The first-order valence-electron chi connectivity index (χ1n) is 2.96. The zero-order chi connectivity index (χ0) is 15.4. The Balaban J connectivity index is -0.0000000711. The molecule has 14 nitrogen and oxygen atoms in total. The van der Waals surface area contributed by atoms with Crippen LogP contribution < -0.4 is 29.4 Å². The molecule has 0 saturated heterocycles. The summed E-state index contributed by atoms with van der Waals surface area (Å²) in [5.74, 6) is 0. The van der Waals surface area contributed by atoms with Crippen LogP contribution in [0.5, 0.6) is 0 Å². The fourth-order valence-electron chi connectivity index (χ4n) is 0.253. The van der Waals surface area contributed by atoms with Crippen molar-refractivity contribution in [1.82, 2.24) is 0 Å². The second-order valence-corrected chi connectivity index (χ2v) is 6.96. The Morgan fingerprint density at radius 2 is 0.714 bits per heavy atom. The summed E-state index contributed by atoms with van der Waals surface area (Å²) >= 11 is 0. The number of hydrogen-bond donors (Lipinski definition) is 2. The van der Waals surface area contributed by atoms with Gasteiger partial charge in [0.1, 0.15) is 0 Å². The van der Waals surface area contributed by atoms with Crippen molar-refractivity contribution >= 4 is 178 Å². The molecule has 21 heteroatoms. The molecule has 112 valence electrons. The van der Waals surface area contributed by atoms with Gasteiger partial charge >= 0.3 is 147 Å². The largest absolute Gasteiger partial charge is 2.00 e. The Hall–Kier alpha value is 5.23. The molecule has 2 unspecified atom stereocenters. The molecule has 2 atom stereocenters. The molecule has 0 saturated carbocycles. The maximum absolute atomic E-state index is 9.44. The summed E-state index contributed by atoms with van der Waals surface area (Å²) in [5, 5.41) is 0. The van der Waals surface area contributed by atoms with Gasteiger partial charge in [0.15, 0.2) is 0 Å². The first-order valence-corrected chi connectivity index (χ1v) is 8.87. The van der Waals surface area contributed by atoms with Crippen LogP contribution in [-0.4, -0.2) is 156 Å². The first-order chi connectivity index (χ1) is 7.41. The predicted molar refractivity (Wildman–Crippen MR) is 54.3 cm³/mol. The average molecular weight is 762 g/mol. The fourth-order valence-corrected chi connectivity index (χ4v) is 2.27. The zero-order valence-electron chi connectivity index (χ0n) is 9.70. The zero-order valence-corrected chi connectivity index (χ0v) is 26.6. The fraction of sp³-hybridized carbons (Fsp3) is 0. The van der Waals surface area contributed by atoms with Crippen molar-refractivity contribution in [2.24, 2.45) is 0 Å². The van der Waals surface area contributed by atoms with Gasteiger partial charge in [-0.2, -0.15) is 0 Å². The second kappa shape index (κ2) is 15.2. The standard InChI is InChI=1S/3Ba.2H4O7P2/c;;;2*1-8(2,3)7-9(4,5)6/h;;;2*(H2,1,2,3)(H2,4,5,6)/q3*+2;;/p-6. The molecule has 0 aliphatic heterocycles. The van der Waals surface area contributed by atoms with E-state index >= 15 is 0 Å². The van der Waals surface area contributed by atoms with Crippen LogP contribution >= 0.6 is 31.3 Å². The average Bonchev–Trinajstić information content (AvgIpc) is 1.64. The van der Waals surface area contributed by atoms with Crippen LogP contribution in [0.4, 0.5) is 0 Å². The molecule has 0 aromatic heterocycles. The summed E-state index contributed by atoms with van der Waals surface area (Å²) in [6, 6.07) is 0. The molecule has 0 aliphatic rings. The molecule has 21 heavy (non-hydrogen) atoms. The van der Waals surface area contributed by atoms with E-state index in [2.05, 4.69) is 8.62 Å². The van der Waals surface area contributed by atoms with Gasteiger partial charge in [-0.15, -0.1) is 0 Å². The summed E-state index contributed by atoms with van der Waals surface area (Å²) < 4.78 is 42.9. The van der Waals surface area contributed by atoms with Crippen LogP contribution in [0.15, 0.2) is 0 Å². The quantitative estimate of drug-likeness (QED) is 0.199. The van der Waals surface area contributed by atoms with E-state index in [0.717, 1.165) is 0 Å². The third-order valence-corrected chi connectivity index (χ3v) is 3.66. The molecule has 0 rings (SSSR count). The van der Waals surface area contributed by atoms with Crippen molar-refractivity contribution in [3.05, 3.63) is 0 Å². The molecule has 0 heterocycles. The molecule has 0 bridgehead atoms. The molecule has 0 fully saturated rings. The summed E-state index contributed by atoms with van der Waals surface area (Å²) in [4.78, 5) is 71.4. The first kappa shape index (κ1) is 37.0. The summed E-state index contributed by atoms with van der Waals surface area (Å²) in [6.07, 6.45) is 0. The number of phosphoric acid groups is 4. The maximum Gasteiger partial charge on any atom is 2.00 e. The van der Waals surface area contributed by atoms with Gasteiger partial charge in [-0.05, 0) is 0 Å². The Morgan fingerprint density at radius 3 is 0.714 bits per heavy atom. The Morgan fingerprint density at radius 1 is 0.571 bits per heavy atom.